The summed E-state index contributed by atoms with van der Waals surface area (Å²) in [5, 5.41) is 0. The number of piperidine rings is 1. The number of rotatable bonds is 4. The van der Waals surface area contributed by atoms with Gasteiger partial charge in [-0.25, -0.2) is 0 Å². The quantitative estimate of drug-likeness (QED) is 0.713. The fourth-order valence-corrected chi connectivity index (χ4v) is 1.72. The summed E-state index contributed by atoms with van der Waals surface area (Å²) in [6.45, 7) is 12.3. The Bertz CT molecular complexity index is 147. The normalized spacial score (nSPS) is 19.5. The van der Waals surface area contributed by atoms with Gasteiger partial charge in [-0.15, -0.1) is 0 Å². The zero-order chi connectivity index (χ0) is 13.5. The topological polar surface area (TPSA) is 29.5 Å². The van der Waals surface area contributed by atoms with Crippen LogP contribution < -0.4 is 0 Å². The number of likely N-dealkylation sites (tertiary alicyclic amines) is 1. The van der Waals surface area contributed by atoms with Crippen molar-refractivity contribution in [1.82, 2.24) is 4.90 Å². The highest BCUT2D eigenvalue weighted by atomic mass is 16.5. The average molecular weight is 245 g/mol. The van der Waals surface area contributed by atoms with Gasteiger partial charge in [-0.2, -0.15) is 0 Å². The van der Waals surface area contributed by atoms with Crippen molar-refractivity contribution in [3.8, 4) is 0 Å². The van der Waals surface area contributed by atoms with E-state index in [1.807, 2.05) is 20.8 Å². The number of carbonyl (C=O) groups excluding carboxylic acids is 1. The van der Waals surface area contributed by atoms with E-state index in [0.29, 0.717) is 5.92 Å². The first kappa shape index (κ1) is 18.9. The van der Waals surface area contributed by atoms with Crippen molar-refractivity contribution in [2.45, 2.75) is 47.0 Å². The van der Waals surface area contributed by atoms with E-state index in [9.17, 15) is 4.79 Å². The molecule has 0 aliphatic carbocycles. The molecule has 0 radical (unpaired) electrons. The lowest BCUT2D eigenvalue weighted by Crippen LogP contribution is -2.36. The molecule has 0 bridgehead atoms. The van der Waals surface area contributed by atoms with Crippen molar-refractivity contribution in [1.29, 1.82) is 0 Å². The third-order valence-electron chi connectivity index (χ3n) is 2.56. The monoisotopic (exact) mass is 245 g/mol. The zero-order valence-corrected chi connectivity index (χ0v) is 12.4. The maximum absolute atomic E-state index is 10.5. The Morgan fingerprint density at radius 2 is 1.94 bits per heavy atom. The lowest BCUT2D eigenvalue weighted by atomic mass is 10.00. The first-order valence-corrected chi connectivity index (χ1v) is 6.95. The highest BCUT2D eigenvalue weighted by molar-refractivity contribution is 5.53. The molecule has 3 nitrogen and oxygen atoms in total. The number of carbonyl (C=O) groups is 1. The lowest BCUT2D eigenvalue weighted by molar-refractivity contribution is -0.112. The lowest BCUT2D eigenvalue weighted by Gasteiger charge is -2.29. The molecule has 1 aliphatic rings. The Morgan fingerprint density at radius 1 is 1.35 bits per heavy atom. The van der Waals surface area contributed by atoms with Gasteiger partial charge in [0.2, 0.25) is 0 Å². The van der Waals surface area contributed by atoms with Gasteiger partial charge < -0.3 is 14.4 Å². The van der Waals surface area contributed by atoms with Gasteiger partial charge >= 0.3 is 0 Å². The molecule has 1 unspecified atom stereocenters. The number of aldehydes is 1. The summed E-state index contributed by atoms with van der Waals surface area (Å²) in [6.07, 6.45) is 4.61. The molecule has 1 saturated heterocycles. The molecule has 0 aromatic carbocycles. The summed E-state index contributed by atoms with van der Waals surface area (Å²) < 4.78 is 4.54. The van der Waals surface area contributed by atoms with Gasteiger partial charge in [-0.05, 0) is 39.3 Å². The highest BCUT2D eigenvalue weighted by Crippen LogP contribution is 2.13. The minimum atomic E-state index is 0.315. The van der Waals surface area contributed by atoms with Crippen LogP contribution in [0.4, 0.5) is 0 Å². The molecule has 0 amide bonds. The number of hydrogen-bond acceptors (Lipinski definition) is 3. The Kier molecular flexibility index (Phi) is 17.4. The van der Waals surface area contributed by atoms with Crippen LogP contribution in [0.5, 0.6) is 0 Å². The van der Waals surface area contributed by atoms with E-state index in [1.54, 1.807) is 7.11 Å². The Hall–Kier alpha value is -0.410. The smallest absolute Gasteiger partial charge is 0.124 e. The number of hydrogen-bond donors (Lipinski definition) is 0. The number of ether oxygens (including phenoxy) is 1. The second-order valence-corrected chi connectivity index (χ2v) is 3.92. The van der Waals surface area contributed by atoms with Crippen LogP contribution in [-0.4, -0.2) is 44.5 Å². The van der Waals surface area contributed by atoms with Gasteiger partial charge in [-0.3, -0.25) is 0 Å². The second kappa shape index (κ2) is 15.6. The average Bonchev–Trinajstić information content (AvgIpc) is 2.42. The fourth-order valence-electron chi connectivity index (χ4n) is 1.72. The van der Waals surface area contributed by atoms with Crippen molar-refractivity contribution < 1.29 is 9.53 Å². The molecule has 1 aliphatic heterocycles. The van der Waals surface area contributed by atoms with E-state index < -0.39 is 0 Å². The predicted molar refractivity (Wildman–Crippen MR) is 74.4 cm³/mol. The Labute approximate surface area is 108 Å². The minimum Gasteiger partial charge on any atom is -0.385 e. The highest BCUT2D eigenvalue weighted by Gasteiger charge is 2.17. The van der Waals surface area contributed by atoms with Crippen molar-refractivity contribution in [3.63, 3.8) is 0 Å². The van der Waals surface area contributed by atoms with E-state index in [-0.39, 0.29) is 0 Å². The predicted octanol–water partition coefficient (Wildman–Crippen LogP) is 2.99. The first-order chi connectivity index (χ1) is 8.28. The Balaban J connectivity index is 0. The molecule has 1 heterocycles. The van der Waals surface area contributed by atoms with Crippen molar-refractivity contribution in [2.24, 2.45) is 5.92 Å². The van der Waals surface area contributed by atoms with E-state index in [0.717, 1.165) is 32.4 Å². The summed E-state index contributed by atoms with van der Waals surface area (Å²) in [7, 11) is 1.68. The van der Waals surface area contributed by atoms with Crippen molar-refractivity contribution in [2.75, 3.05) is 33.4 Å². The van der Waals surface area contributed by atoms with Crippen LogP contribution in [-0.2, 0) is 9.53 Å². The summed E-state index contributed by atoms with van der Waals surface area (Å²) in [4.78, 5) is 12.9. The zero-order valence-electron chi connectivity index (χ0n) is 12.4. The van der Waals surface area contributed by atoms with E-state index in [4.69, 9.17) is 0 Å². The van der Waals surface area contributed by atoms with Gasteiger partial charge in [0.1, 0.15) is 6.29 Å². The molecule has 0 aromatic heterocycles. The molecular formula is C14H31NO2. The molecule has 1 rings (SSSR count). The van der Waals surface area contributed by atoms with Crippen molar-refractivity contribution in [3.05, 3.63) is 0 Å². The van der Waals surface area contributed by atoms with E-state index in [2.05, 4.69) is 16.6 Å². The summed E-state index contributed by atoms with van der Waals surface area (Å²) in [5.41, 5.74) is 0. The SMILES string of the molecule is CC.CCCN1CCCC(C=O)C1.CCOC. The van der Waals surface area contributed by atoms with Crippen LogP contribution in [0.2, 0.25) is 0 Å². The van der Waals surface area contributed by atoms with Crippen LogP contribution >= 0.6 is 0 Å². The molecule has 104 valence electrons. The molecule has 0 N–H and O–H groups in total. The fraction of sp³-hybridized carbons (Fsp3) is 0.929. The standard InChI is InChI=1S/C9H17NO.C3H8O.C2H6/c1-2-5-10-6-3-4-9(7-10)8-11;1-3-4-2;1-2/h8-9H,2-7H2,1H3;3H2,1-2H3;1-2H3. The summed E-state index contributed by atoms with van der Waals surface area (Å²) in [5.74, 6) is 0.315. The van der Waals surface area contributed by atoms with Crippen LogP contribution in [0.15, 0.2) is 0 Å². The first-order valence-electron chi connectivity index (χ1n) is 6.95. The minimum absolute atomic E-state index is 0.315. The second-order valence-electron chi connectivity index (χ2n) is 3.92. The molecular weight excluding hydrogens is 214 g/mol. The van der Waals surface area contributed by atoms with Gasteiger partial charge in [0.25, 0.3) is 0 Å². The molecule has 0 aromatic rings. The maximum atomic E-state index is 10.5. The van der Waals surface area contributed by atoms with Gasteiger partial charge in [-0.1, -0.05) is 20.8 Å². The molecule has 0 spiro atoms. The van der Waals surface area contributed by atoms with Crippen LogP contribution in [0, 0.1) is 5.92 Å². The number of methoxy groups -OCH3 is 1. The summed E-state index contributed by atoms with van der Waals surface area (Å²) in [6, 6.07) is 0. The number of nitrogens with zero attached hydrogens (tertiary/aromatic N) is 1. The van der Waals surface area contributed by atoms with Gasteiger partial charge in [0, 0.05) is 26.2 Å². The molecule has 17 heavy (non-hydrogen) atoms. The van der Waals surface area contributed by atoms with Crippen LogP contribution in [0.3, 0.4) is 0 Å². The molecule has 0 saturated carbocycles. The third-order valence-corrected chi connectivity index (χ3v) is 2.56. The van der Waals surface area contributed by atoms with Gasteiger partial charge in [0.15, 0.2) is 0 Å². The van der Waals surface area contributed by atoms with Crippen molar-refractivity contribution >= 4 is 6.29 Å². The third kappa shape index (κ3) is 11.8. The van der Waals surface area contributed by atoms with E-state index in [1.165, 1.54) is 19.4 Å². The van der Waals surface area contributed by atoms with Crippen LogP contribution in [0.1, 0.15) is 47.0 Å². The summed E-state index contributed by atoms with van der Waals surface area (Å²) >= 11 is 0. The molecule has 3 heteroatoms. The molecule has 1 fully saturated rings. The Morgan fingerprint density at radius 3 is 2.35 bits per heavy atom. The largest absolute Gasteiger partial charge is 0.385 e. The molecule has 1 atom stereocenters. The van der Waals surface area contributed by atoms with Gasteiger partial charge in [0.05, 0.1) is 0 Å². The van der Waals surface area contributed by atoms with Crippen LogP contribution in [0.25, 0.3) is 0 Å². The van der Waals surface area contributed by atoms with E-state index >= 15 is 0 Å². The maximum Gasteiger partial charge on any atom is 0.124 e.